The molecule has 0 amide bonds. The monoisotopic (exact) mass is 196 g/mol. The summed E-state index contributed by atoms with van der Waals surface area (Å²) in [6, 6.07) is 0. The van der Waals surface area contributed by atoms with E-state index in [9.17, 15) is 0 Å². The minimum Gasteiger partial charge on any atom is -0.359 e. The maximum Gasteiger partial charge on any atom is 0.146 e. The van der Waals surface area contributed by atoms with Gasteiger partial charge in [-0.3, -0.25) is 0 Å². The highest BCUT2D eigenvalue weighted by Crippen LogP contribution is 2.28. The Labute approximate surface area is 86.6 Å². The highest BCUT2D eigenvalue weighted by atomic mass is 16.7. The lowest BCUT2D eigenvalue weighted by molar-refractivity contribution is -0.0221. The van der Waals surface area contributed by atoms with Gasteiger partial charge in [0.25, 0.3) is 0 Å². The van der Waals surface area contributed by atoms with Gasteiger partial charge in [-0.25, -0.2) is 0 Å². The van der Waals surface area contributed by atoms with Gasteiger partial charge in [-0.2, -0.15) is 0 Å². The van der Waals surface area contributed by atoms with Gasteiger partial charge in [0.2, 0.25) is 0 Å². The fourth-order valence-electron chi connectivity index (χ4n) is 1.72. The Hall–Kier alpha value is -0.600. The summed E-state index contributed by atoms with van der Waals surface area (Å²) in [5.41, 5.74) is 2.71. The van der Waals surface area contributed by atoms with E-state index in [-0.39, 0.29) is 0 Å². The van der Waals surface area contributed by atoms with E-state index >= 15 is 0 Å². The van der Waals surface area contributed by atoms with Crippen LogP contribution < -0.4 is 0 Å². The highest BCUT2D eigenvalue weighted by molar-refractivity contribution is 5.12. The second kappa shape index (κ2) is 5.99. The van der Waals surface area contributed by atoms with Crippen molar-refractivity contribution in [3.8, 4) is 0 Å². The third kappa shape index (κ3) is 3.64. The molecule has 0 aliphatic heterocycles. The summed E-state index contributed by atoms with van der Waals surface area (Å²) in [6.45, 7) is 7.22. The van der Waals surface area contributed by atoms with Crippen LogP contribution in [0.25, 0.3) is 0 Å². The molecule has 14 heavy (non-hydrogen) atoms. The first-order valence-electron chi connectivity index (χ1n) is 5.14. The molecule has 1 unspecified atom stereocenters. The van der Waals surface area contributed by atoms with Gasteiger partial charge in [0, 0.05) is 7.11 Å². The fourth-order valence-corrected chi connectivity index (χ4v) is 1.72. The molecule has 1 atom stereocenters. The lowest BCUT2D eigenvalue weighted by Gasteiger charge is -2.21. The van der Waals surface area contributed by atoms with Crippen molar-refractivity contribution in [2.75, 3.05) is 20.5 Å². The Morgan fingerprint density at radius 2 is 2.43 bits per heavy atom. The molecule has 0 aromatic rings. The quantitative estimate of drug-likeness (QED) is 0.382. The van der Waals surface area contributed by atoms with E-state index < -0.39 is 0 Å². The van der Waals surface area contributed by atoms with Crippen LogP contribution in [-0.2, 0) is 9.47 Å². The Kier molecular flexibility index (Phi) is 4.91. The zero-order valence-electron chi connectivity index (χ0n) is 9.21. The van der Waals surface area contributed by atoms with E-state index in [1.807, 2.05) is 0 Å². The maximum atomic E-state index is 5.31. The number of hydrogen-bond donors (Lipinski definition) is 0. The van der Waals surface area contributed by atoms with Crippen LogP contribution in [-0.4, -0.2) is 20.5 Å². The van der Waals surface area contributed by atoms with E-state index in [0.717, 1.165) is 19.4 Å². The molecule has 1 rings (SSSR count). The van der Waals surface area contributed by atoms with Crippen molar-refractivity contribution < 1.29 is 9.47 Å². The summed E-state index contributed by atoms with van der Waals surface area (Å²) in [6.07, 6.45) is 5.78. The predicted octanol–water partition coefficient (Wildman–Crippen LogP) is 2.91. The van der Waals surface area contributed by atoms with Crippen LogP contribution in [0.2, 0.25) is 0 Å². The molecule has 0 bridgehead atoms. The molecule has 0 aromatic heterocycles. The van der Waals surface area contributed by atoms with Crippen LogP contribution >= 0.6 is 0 Å². The van der Waals surface area contributed by atoms with E-state index in [1.165, 1.54) is 17.6 Å². The van der Waals surface area contributed by atoms with Gasteiger partial charge >= 0.3 is 0 Å². The van der Waals surface area contributed by atoms with Crippen molar-refractivity contribution in [1.82, 2.24) is 0 Å². The lowest BCUT2D eigenvalue weighted by atomic mass is 9.86. The van der Waals surface area contributed by atoms with Gasteiger partial charge in [0.15, 0.2) is 0 Å². The summed E-state index contributed by atoms with van der Waals surface area (Å²) < 4.78 is 10.1. The van der Waals surface area contributed by atoms with Crippen molar-refractivity contribution >= 4 is 0 Å². The van der Waals surface area contributed by atoms with Gasteiger partial charge in [-0.1, -0.05) is 18.2 Å². The first-order chi connectivity index (χ1) is 6.74. The van der Waals surface area contributed by atoms with Gasteiger partial charge in [-0.05, 0) is 37.7 Å². The smallest absolute Gasteiger partial charge is 0.146 e. The number of rotatable bonds is 5. The molecule has 0 radical (unpaired) electrons. The normalized spacial score (nSPS) is 21.9. The highest BCUT2D eigenvalue weighted by Gasteiger charge is 2.14. The summed E-state index contributed by atoms with van der Waals surface area (Å²) in [5.74, 6) is 0.682. The van der Waals surface area contributed by atoms with Crippen molar-refractivity contribution in [3.63, 3.8) is 0 Å². The van der Waals surface area contributed by atoms with Crippen LogP contribution in [0.1, 0.15) is 26.2 Å². The maximum absolute atomic E-state index is 5.31. The topological polar surface area (TPSA) is 18.5 Å². The van der Waals surface area contributed by atoms with Crippen molar-refractivity contribution in [2.24, 2.45) is 5.92 Å². The van der Waals surface area contributed by atoms with Crippen LogP contribution in [0.4, 0.5) is 0 Å². The van der Waals surface area contributed by atoms with E-state index in [2.05, 4.69) is 19.6 Å². The third-order valence-electron chi connectivity index (χ3n) is 2.69. The molecular formula is C12H20O2. The van der Waals surface area contributed by atoms with Crippen molar-refractivity contribution in [1.29, 1.82) is 0 Å². The Morgan fingerprint density at radius 1 is 1.64 bits per heavy atom. The molecule has 80 valence electrons. The first kappa shape index (κ1) is 11.5. The van der Waals surface area contributed by atoms with Crippen LogP contribution in [0.5, 0.6) is 0 Å². The van der Waals surface area contributed by atoms with Crippen LogP contribution in [0.3, 0.4) is 0 Å². The molecule has 0 saturated heterocycles. The molecule has 1 aliphatic rings. The Bertz CT molecular complexity index is 218. The first-order valence-corrected chi connectivity index (χ1v) is 5.14. The summed E-state index contributed by atoms with van der Waals surface area (Å²) >= 11 is 0. The lowest BCUT2D eigenvalue weighted by Crippen LogP contribution is -2.10. The second-order valence-corrected chi connectivity index (χ2v) is 3.94. The largest absolute Gasteiger partial charge is 0.359 e. The zero-order valence-corrected chi connectivity index (χ0v) is 9.21. The fraction of sp³-hybridized carbons (Fsp3) is 0.667. The minimum absolute atomic E-state index is 0.390. The number of methoxy groups -OCH3 is 1. The number of allylic oxidation sites excluding steroid dienone is 2. The van der Waals surface area contributed by atoms with E-state index in [0.29, 0.717) is 12.7 Å². The molecule has 0 saturated carbocycles. The van der Waals surface area contributed by atoms with Crippen molar-refractivity contribution in [3.05, 3.63) is 23.8 Å². The van der Waals surface area contributed by atoms with Crippen LogP contribution in [0, 0.1) is 5.92 Å². The molecule has 0 heterocycles. The van der Waals surface area contributed by atoms with Crippen molar-refractivity contribution in [2.45, 2.75) is 26.2 Å². The molecule has 0 N–H and O–H groups in total. The van der Waals surface area contributed by atoms with Crippen LogP contribution in [0.15, 0.2) is 23.8 Å². The molecule has 2 nitrogen and oxygen atoms in total. The summed E-state index contributed by atoms with van der Waals surface area (Å²) in [4.78, 5) is 0. The van der Waals surface area contributed by atoms with E-state index in [1.54, 1.807) is 7.11 Å². The van der Waals surface area contributed by atoms with Gasteiger partial charge < -0.3 is 9.47 Å². The van der Waals surface area contributed by atoms with Gasteiger partial charge in [-0.15, -0.1) is 0 Å². The molecule has 0 spiro atoms. The SMILES string of the molecule is C=C(C)C1CC=C(COCOC)CC1. The Morgan fingerprint density at radius 3 is 2.93 bits per heavy atom. The average Bonchev–Trinajstić information content (AvgIpc) is 2.19. The average molecular weight is 196 g/mol. The standard InChI is InChI=1S/C12H20O2/c1-10(2)12-6-4-11(5-7-12)8-14-9-13-3/h4,12H,1,5-9H2,2-3H3. The van der Waals surface area contributed by atoms with Gasteiger partial charge in [0.05, 0.1) is 6.61 Å². The number of hydrogen-bond acceptors (Lipinski definition) is 2. The summed E-state index contributed by atoms with van der Waals surface area (Å²) in [7, 11) is 1.65. The molecule has 1 aliphatic carbocycles. The molecule has 2 heteroatoms. The predicted molar refractivity (Wildman–Crippen MR) is 58.1 cm³/mol. The van der Waals surface area contributed by atoms with Gasteiger partial charge in [0.1, 0.15) is 6.79 Å². The summed E-state index contributed by atoms with van der Waals surface area (Å²) in [5, 5.41) is 0. The van der Waals surface area contributed by atoms with E-state index in [4.69, 9.17) is 9.47 Å². The molecule has 0 aromatic carbocycles. The zero-order chi connectivity index (χ0) is 10.4. The third-order valence-corrected chi connectivity index (χ3v) is 2.69. The Balaban J connectivity index is 2.26. The molecular weight excluding hydrogens is 176 g/mol. The second-order valence-electron chi connectivity index (χ2n) is 3.94. The number of ether oxygens (including phenoxy) is 2. The molecule has 0 fully saturated rings. The minimum atomic E-state index is 0.390.